The first-order chi connectivity index (χ1) is 11.8. The lowest BCUT2D eigenvalue weighted by atomic mass is 9.99. The summed E-state index contributed by atoms with van der Waals surface area (Å²) in [5, 5.41) is 4.10. The lowest BCUT2D eigenvalue weighted by Gasteiger charge is -2.31. The van der Waals surface area contributed by atoms with Gasteiger partial charge in [-0.1, -0.05) is 42.4 Å². The summed E-state index contributed by atoms with van der Waals surface area (Å²) in [5.74, 6) is 2.68. The van der Waals surface area contributed by atoms with E-state index >= 15 is 0 Å². The van der Waals surface area contributed by atoms with Crippen molar-refractivity contribution in [3.8, 4) is 22.8 Å². The first kappa shape index (κ1) is 14.8. The van der Waals surface area contributed by atoms with E-state index in [-0.39, 0.29) is 0 Å². The van der Waals surface area contributed by atoms with E-state index in [1.165, 1.54) is 12.8 Å². The smallest absolute Gasteiger partial charge is 0.263 e. The van der Waals surface area contributed by atoms with Gasteiger partial charge in [0, 0.05) is 24.8 Å². The summed E-state index contributed by atoms with van der Waals surface area (Å²) < 4.78 is 5.49. The Hall–Kier alpha value is -2.76. The van der Waals surface area contributed by atoms with Gasteiger partial charge in [-0.15, -0.1) is 0 Å². The molecular formula is C18H19N5O. The second-order valence-corrected chi connectivity index (χ2v) is 6.22. The molecule has 6 heteroatoms. The van der Waals surface area contributed by atoms with Crippen molar-refractivity contribution in [3.05, 3.63) is 42.9 Å². The highest BCUT2D eigenvalue weighted by atomic mass is 16.5. The molecule has 0 N–H and O–H groups in total. The van der Waals surface area contributed by atoms with E-state index in [2.05, 4.69) is 31.9 Å². The summed E-state index contributed by atoms with van der Waals surface area (Å²) in [4.78, 5) is 15.4. The molecule has 0 amide bonds. The van der Waals surface area contributed by atoms with E-state index in [0.29, 0.717) is 11.7 Å². The van der Waals surface area contributed by atoms with Crippen LogP contribution in [0.25, 0.3) is 22.8 Å². The Labute approximate surface area is 140 Å². The van der Waals surface area contributed by atoms with Gasteiger partial charge in [-0.25, -0.2) is 9.97 Å². The van der Waals surface area contributed by atoms with Crippen LogP contribution in [0.15, 0.2) is 47.4 Å². The van der Waals surface area contributed by atoms with Gasteiger partial charge >= 0.3 is 0 Å². The molecule has 0 saturated carbocycles. The fourth-order valence-corrected chi connectivity index (χ4v) is 2.98. The van der Waals surface area contributed by atoms with Crippen molar-refractivity contribution in [2.45, 2.75) is 19.8 Å². The van der Waals surface area contributed by atoms with Crippen LogP contribution in [0.4, 0.5) is 5.82 Å². The number of rotatable bonds is 3. The maximum Gasteiger partial charge on any atom is 0.263 e. The molecule has 0 aliphatic carbocycles. The van der Waals surface area contributed by atoms with Gasteiger partial charge in [0.1, 0.15) is 17.7 Å². The number of piperidine rings is 1. The number of hydrogen-bond donors (Lipinski definition) is 0. The average Bonchev–Trinajstić information content (AvgIpc) is 3.13. The van der Waals surface area contributed by atoms with Crippen molar-refractivity contribution in [2.75, 3.05) is 18.0 Å². The van der Waals surface area contributed by atoms with E-state index in [4.69, 9.17) is 4.52 Å². The molecule has 0 atom stereocenters. The van der Waals surface area contributed by atoms with E-state index in [9.17, 15) is 0 Å². The molecule has 0 spiro atoms. The summed E-state index contributed by atoms with van der Waals surface area (Å²) in [5.41, 5.74) is 1.72. The minimum absolute atomic E-state index is 0.461. The molecule has 6 nitrogen and oxygen atoms in total. The highest BCUT2D eigenvalue weighted by Gasteiger charge is 2.22. The van der Waals surface area contributed by atoms with Crippen LogP contribution >= 0.6 is 0 Å². The molecule has 0 unspecified atom stereocenters. The van der Waals surface area contributed by atoms with Crippen LogP contribution in [0.3, 0.4) is 0 Å². The number of anilines is 1. The number of hydrogen-bond acceptors (Lipinski definition) is 6. The standard InChI is InChI=1S/C18H19N5O/c1-13-7-9-23(10-8-13)17-15(11-19-12-20-17)18-21-16(22-24-18)14-5-3-2-4-6-14/h2-6,11-13H,7-10H2,1H3. The monoisotopic (exact) mass is 321 g/mol. The third-order valence-electron chi connectivity index (χ3n) is 4.46. The van der Waals surface area contributed by atoms with Crippen molar-refractivity contribution < 1.29 is 4.52 Å². The normalized spacial score (nSPS) is 15.6. The van der Waals surface area contributed by atoms with Gasteiger partial charge < -0.3 is 9.42 Å². The van der Waals surface area contributed by atoms with E-state index < -0.39 is 0 Å². The Morgan fingerprint density at radius 2 is 1.92 bits per heavy atom. The fraction of sp³-hybridized carbons (Fsp3) is 0.333. The molecule has 2 aromatic heterocycles. The van der Waals surface area contributed by atoms with Crippen LogP contribution in [0.5, 0.6) is 0 Å². The number of aromatic nitrogens is 4. The Morgan fingerprint density at radius 1 is 1.12 bits per heavy atom. The third-order valence-corrected chi connectivity index (χ3v) is 4.46. The topological polar surface area (TPSA) is 67.9 Å². The molecule has 3 aromatic rings. The van der Waals surface area contributed by atoms with Crippen molar-refractivity contribution in [3.63, 3.8) is 0 Å². The summed E-state index contributed by atoms with van der Waals surface area (Å²) in [6.45, 7) is 4.28. The van der Waals surface area contributed by atoms with Crippen LogP contribution in [0.1, 0.15) is 19.8 Å². The number of nitrogens with zero attached hydrogens (tertiary/aromatic N) is 5. The Bertz CT molecular complexity index is 809. The van der Waals surface area contributed by atoms with Gasteiger partial charge in [0.2, 0.25) is 5.82 Å². The van der Waals surface area contributed by atoms with Gasteiger partial charge in [0.15, 0.2) is 0 Å². The lowest BCUT2D eigenvalue weighted by molar-refractivity contribution is 0.428. The van der Waals surface area contributed by atoms with Crippen molar-refractivity contribution in [2.24, 2.45) is 5.92 Å². The summed E-state index contributed by atoms with van der Waals surface area (Å²) in [6.07, 6.45) is 5.67. The SMILES string of the molecule is CC1CCN(c2ncncc2-c2nc(-c3ccccc3)no2)CC1. The van der Waals surface area contributed by atoms with Gasteiger partial charge in [-0.3, -0.25) is 0 Å². The van der Waals surface area contributed by atoms with Gasteiger partial charge in [-0.05, 0) is 18.8 Å². The zero-order chi connectivity index (χ0) is 16.4. The molecule has 1 aliphatic heterocycles. The van der Waals surface area contributed by atoms with Gasteiger partial charge in [0.25, 0.3) is 5.89 Å². The molecule has 0 bridgehead atoms. The molecular weight excluding hydrogens is 302 g/mol. The Morgan fingerprint density at radius 3 is 2.71 bits per heavy atom. The molecule has 1 saturated heterocycles. The predicted octanol–water partition coefficient (Wildman–Crippen LogP) is 3.43. The molecule has 1 aromatic carbocycles. The quantitative estimate of drug-likeness (QED) is 0.736. The van der Waals surface area contributed by atoms with Gasteiger partial charge in [0.05, 0.1) is 0 Å². The second kappa shape index (κ2) is 6.39. The highest BCUT2D eigenvalue weighted by molar-refractivity contribution is 5.70. The van der Waals surface area contributed by atoms with Crippen LogP contribution < -0.4 is 4.90 Å². The van der Waals surface area contributed by atoms with Crippen LogP contribution in [0.2, 0.25) is 0 Å². The molecule has 1 aliphatic rings. The molecule has 4 rings (SSSR count). The Kier molecular flexibility index (Phi) is 3.94. The van der Waals surface area contributed by atoms with Crippen LogP contribution in [0, 0.1) is 5.92 Å². The average molecular weight is 321 g/mol. The highest BCUT2D eigenvalue weighted by Crippen LogP contribution is 2.31. The zero-order valence-corrected chi connectivity index (χ0v) is 13.6. The first-order valence-corrected chi connectivity index (χ1v) is 8.25. The molecule has 3 heterocycles. The lowest BCUT2D eigenvalue weighted by Crippen LogP contribution is -2.33. The van der Waals surface area contributed by atoms with E-state index in [1.807, 2.05) is 30.3 Å². The Balaban J connectivity index is 1.67. The molecule has 24 heavy (non-hydrogen) atoms. The molecule has 1 fully saturated rings. The third kappa shape index (κ3) is 2.87. The molecule has 0 radical (unpaired) electrons. The number of benzene rings is 1. The van der Waals surface area contributed by atoms with Crippen LogP contribution in [-0.2, 0) is 0 Å². The van der Waals surface area contributed by atoms with Crippen molar-refractivity contribution >= 4 is 5.82 Å². The minimum atomic E-state index is 0.461. The summed E-state index contributed by atoms with van der Waals surface area (Å²) in [7, 11) is 0. The molecule has 122 valence electrons. The minimum Gasteiger partial charge on any atom is -0.356 e. The fourth-order valence-electron chi connectivity index (χ4n) is 2.98. The predicted molar refractivity (Wildman–Crippen MR) is 91.4 cm³/mol. The largest absolute Gasteiger partial charge is 0.356 e. The maximum atomic E-state index is 5.49. The maximum absolute atomic E-state index is 5.49. The first-order valence-electron chi connectivity index (χ1n) is 8.25. The van der Waals surface area contributed by atoms with Crippen molar-refractivity contribution in [1.82, 2.24) is 20.1 Å². The van der Waals surface area contributed by atoms with Gasteiger partial charge in [-0.2, -0.15) is 4.98 Å². The zero-order valence-electron chi connectivity index (χ0n) is 13.6. The second-order valence-electron chi connectivity index (χ2n) is 6.22. The summed E-state index contributed by atoms with van der Waals surface area (Å²) >= 11 is 0. The van der Waals surface area contributed by atoms with Crippen molar-refractivity contribution in [1.29, 1.82) is 0 Å². The summed E-state index contributed by atoms with van der Waals surface area (Å²) in [6, 6.07) is 9.80. The van der Waals surface area contributed by atoms with Crippen LogP contribution in [-0.4, -0.2) is 33.2 Å². The van der Waals surface area contributed by atoms with E-state index in [1.54, 1.807) is 12.5 Å². The van der Waals surface area contributed by atoms with E-state index in [0.717, 1.165) is 36.0 Å².